The van der Waals surface area contributed by atoms with E-state index >= 15 is 0 Å². The lowest BCUT2D eigenvalue weighted by Gasteiger charge is -2.14. The largest absolute Gasteiger partial charge is 0.366 e. The van der Waals surface area contributed by atoms with E-state index in [0.717, 1.165) is 40.4 Å². The lowest BCUT2D eigenvalue weighted by atomic mass is 10.0. The van der Waals surface area contributed by atoms with Crippen LogP contribution in [-0.4, -0.2) is 34.5 Å². The highest BCUT2D eigenvalue weighted by atomic mass is 16.5. The van der Waals surface area contributed by atoms with Gasteiger partial charge in [0, 0.05) is 6.04 Å². The van der Waals surface area contributed by atoms with Gasteiger partial charge in [0.1, 0.15) is 11.6 Å². The van der Waals surface area contributed by atoms with Crippen LogP contribution in [0.2, 0.25) is 0 Å². The first-order chi connectivity index (χ1) is 10.7. The Balaban J connectivity index is 1.46. The standard InChI is InChI=1S/C16H21N5O/c1-9-16(10(2)22-21-9)14-3-4-15(20-19-14)18-13-5-11-7-17-8-12(11)6-13/h3-4,11-13,17H,5-8H2,1-2H3,(H,18,20). The van der Waals surface area contributed by atoms with Crippen molar-refractivity contribution >= 4 is 5.82 Å². The van der Waals surface area contributed by atoms with Crippen LogP contribution in [0.4, 0.5) is 5.82 Å². The number of nitrogens with zero attached hydrogens (tertiary/aromatic N) is 3. The third-order valence-electron chi connectivity index (χ3n) is 4.96. The minimum Gasteiger partial charge on any atom is -0.366 e. The van der Waals surface area contributed by atoms with Gasteiger partial charge in [0.25, 0.3) is 0 Å². The summed E-state index contributed by atoms with van der Waals surface area (Å²) in [7, 11) is 0. The zero-order chi connectivity index (χ0) is 15.1. The van der Waals surface area contributed by atoms with Crippen molar-refractivity contribution in [2.75, 3.05) is 18.4 Å². The van der Waals surface area contributed by atoms with E-state index in [4.69, 9.17) is 4.52 Å². The summed E-state index contributed by atoms with van der Waals surface area (Å²) < 4.78 is 5.19. The highest BCUT2D eigenvalue weighted by Crippen LogP contribution is 2.35. The fraction of sp³-hybridized carbons (Fsp3) is 0.562. The first-order valence-electron chi connectivity index (χ1n) is 7.95. The van der Waals surface area contributed by atoms with Crippen molar-refractivity contribution < 1.29 is 4.52 Å². The summed E-state index contributed by atoms with van der Waals surface area (Å²) in [5.74, 6) is 3.29. The molecule has 2 fully saturated rings. The zero-order valence-electron chi connectivity index (χ0n) is 13.0. The predicted octanol–water partition coefficient (Wildman–Crippen LogP) is 2.16. The zero-order valence-corrected chi connectivity index (χ0v) is 13.0. The second kappa shape index (κ2) is 5.35. The average Bonchev–Trinajstić information content (AvgIpc) is 3.16. The van der Waals surface area contributed by atoms with E-state index in [9.17, 15) is 0 Å². The van der Waals surface area contributed by atoms with Crippen LogP contribution < -0.4 is 10.6 Å². The first-order valence-corrected chi connectivity index (χ1v) is 7.95. The van der Waals surface area contributed by atoms with Gasteiger partial charge in [0.2, 0.25) is 0 Å². The van der Waals surface area contributed by atoms with Gasteiger partial charge in [-0.2, -0.15) is 0 Å². The second-order valence-corrected chi connectivity index (χ2v) is 6.49. The normalized spacial score (nSPS) is 27.1. The van der Waals surface area contributed by atoms with Gasteiger partial charge in [-0.1, -0.05) is 5.16 Å². The molecule has 4 rings (SSSR count). The van der Waals surface area contributed by atoms with Gasteiger partial charge in [0.15, 0.2) is 0 Å². The number of hydrogen-bond donors (Lipinski definition) is 2. The number of hydrogen-bond acceptors (Lipinski definition) is 6. The number of fused-ring (bicyclic) bond motifs is 1. The highest BCUT2D eigenvalue weighted by molar-refractivity contribution is 5.63. The third-order valence-corrected chi connectivity index (χ3v) is 4.96. The number of aromatic nitrogens is 3. The summed E-state index contributed by atoms with van der Waals surface area (Å²) in [5.41, 5.74) is 2.61. The van der Waals surface area contributed by atoms with Crippen LogP contribution in [0.15, 0.2) is 16.7 Å². The van der Waals surface area contributed by atoms with Gasteiger partial charge in [-0.3, -0.25) is 0 Å². The number of rotatable bonds is 3. The van der Waals surface area contributed by atoms with E-state index in [1.807, 2.05) is 26.0 Å². The molecule has 116 valence electrons. The van der Waals surface area contributed by atoms with E-state index in [2.05, 4.69) is 26.0 Å². The SMILES string of the molecule is Cc1noc(C)c1-c1ccc(NC2CC3CNCC3C2)nn1. The molecule has 1 aliphatic heterocycles. The maximum atomic E-state index is 5.19. The molecule has 2 N–H and O–H groups in total. The molecule has 0 amide bonds. The van der Waals surface area contributed by atoms with Crippen LogP contribution >= 0.6 is 0 Å². The van der Waals surface area contributed by atoms with E-state index in [1.54, 1.807) is 0 Å². The lowest BCUT2D eigenvalue weighted by molar-refractivity contribution is 0.393. The van der Waals surface area contributed by atoms with Crippen molar-refractivity contribution in [2.24, 2.45) is 11.8 Å². The Kier molecular flexibility index (Phi) is 3.33. The minimum atomic E-state index is 0.524. The van der Waals surface area contributed by atoms with Crippen molar-refractivity contribution in [3.63, 3.8) is 0 Å². The lowest BCUT2D eigenvalue weighted by Crippen LogP contribution is -2.21. The minimum absolute atomic E-state index is 0.524. The average molecular weight is 299 g/mol. The molecule has 0 aromatic carbocycles. The van der Waals surface area contributed by atoms with Gasteiger partial charge in [-0.05, 0) is 63.7 Å². The molecule has 6 heteroatoms. The molecule has 6 nitrogen and oxygen atoms in total. The van der Waals surface area contributed by atoms with Crippen molar-refractivity contribution in [3.8, 4) is 11.3 Å². The van der Waals surface area contributed by atoms with Crippen LogP contribution in [0.25, 0.3) is 11.3 Å². The summed E-state index contributed by atoms with van der Waals surface area (Å²) in [6, 6.07) is 4.51. The number of anilines is 1. The molecule has 2 unspecified atom stereocenters. The van der Waals surface area contributed by atoms with E-state index < -0.39 is 0 Å². The maximum absolute atomic E-state index is 5.19. The molecule has 0 radical (unpaired) electrons. The molecule has 2 aromatic rings. The topological polar surface area (TPSA) is 75.9 Å². The second-order valence-electron chi connectivity index (χ2n) is 6.49. The molecule has 0 spiro atoms. The van der Waals surface area contributed by atoms with Gasteiger partial charge < -0.3 is 15.2 Å². The van der Waals surface area contributed by atoms with E-state index in [1.165, 1.54) is 25.9 Å². The Morgan fingerprint density at radius 2 is 1.91 bits per heavy atom. The summed E-state index contributed by atoms with van der Waals surface area (Å²) in [5, 5.41) is 19.6. The monoisotopic (exact) mass is 299 g/mol. The van der Waals surface area contributed by atoms with Crippen molar-refractivity contribution in [1.29, 1.82) is 0 Å². The molecule has 2 atom stereocenters. The predicted molar refractivity (Wildman–Crippen MR) is 83.5 cm³/mol. The van der Waals surface area contributed by atoms with Crippen molar-refractivity contribution in [2.45, 2.75) is 32.7 Å². The Morgan fingerprint density at radius 1 is 1.14 bits per heavy atom. The fourth-order valence-corrected chi connectivity index (χ4v) is 3.88. The Hall–Kier alpha value is -1.95. The molecule has 2 aromatic heterocycles. The maximum Gasteiger partial charge on any atom is 0.148 e. The summed E-state index contributed by atoms with van der Waals surface area (Å²) >= 11 is 0. The van der Waals surface area contributed by atoms with Crippen molar-refractivity contribution in [1.82, 2.24) is 20.7 Å². The highest BCUT2D eigenvalue weighted by Gasteiger charge is 2.37. The van der Waals surface area contributed by atoms with E-state index in [-0.39, 0.29) is 0 Å². The molecular weight excluding hydrogens is 278 g/mol. The Morgan fingerprint density at radius 3 is 2.50 bits per heavy atom. The molecule has 0 bridgehead atoms. The van der Waals surface area contributed by atoms with Crippen LogP contribution in [0.1, 0.15) is 24.3 Å². The number of aryl methyl sites for hydroxylation is 2. The molecule has 1 saturated heterocycles. The van der Waals surface area contributed by atoms with Crippen LogP contribution in [0, 0.1) is 25.7 Å². The van der Waals surface area contributed by atoms with Crippen LogP contribution in [0.3, 0.4) is 0 Å². The first kappa shape index (κ1) is 13.7. The Labute approximate surface area is 129 Å². The van der Waals surface area contributed by atoms with Crippen LogP contribution in [0.5, 0.6) is 0 Å². The molecule has 1 saturated carbocycles. The van der Waals surface area contributed by atoms with Gasteiger partial charge in [-0.15, -0.1) is 10.2 Å². The molecule has 3 heterocycles. The number of nitrogens with one attached hydrogen (secondary N) is 2. The molecule has 2 aliphatic rings. The molecule has 22 heavy (non-hydrogen) atoms. The molecule has 1 aliphatic carbocycles. The van der Waals surface area contributed by atoms with Gasteiger partial charge in [-0.25, -0.2) is 0 Å². The van der Waals surface area contributed by atoms with Gasteiger partial charge in [0.05, 0.1) is 17.0 Å². The summed E-state index contributed by atoms with van der Waals surface area (Å²) in [6.45, 7) is 6.15. The van der Waals surface area contributed by atoms with Gasteiger partial charge >= 0.3 is 0 Å². The summed E-state index contributed by atoms with van der Waals surface area (Å²) in [6.07, 6.45) is 2.45. The van der Waals surface area contributed by atoms with E-state index in [0.29, 0.717) is 6.04 Å². The fourth-order valence-electron chi connectivity index (χ4n) is 3.88. The third kappa shape index (κ3) is 2.37. The quantitative estimate of drug-likeness (QED) is 0.904. The smallest absolute Gasteiger partial charge is 0.148 e. The molecular formula is C16H21N5O. The summed E-state index contributed by atoms with van der Waals surface area (Å²) in [4.78, 5) is 0. The van der Waals surface area contributed by atoms with Crippen LogP contribution in [-0.2, 0) is 0 Å². The van der Waals surface area contributed by atoms with Crippen molar-refractivity contribution in [3.05, 3.63) is 23.6 Å². The Bertz CT molecular complexity index is 634.